The lowest BCUT2D eigenvalue weighted by Gasteiger charge is -2.16. The molecule has 1 aliphatic heterocycles. The number of hydrogen-bond donors (Lipinski definition) is 1. The second kappa shape index (κ2) is 5.40. The first kappa shape index (κ1) is 12.9. The molecule has 0 aromatic heterocycles. The van der Waals surface area contributed by atoms with Crippen molar-refractivity contribution in [1.82, 2.24) is 4.90 Å². The Morgan fingerprint density at radius 3 is 2.88 bits per heavy atom. The van der Waals surface area contributed by atoms with Gasteiger partial charge in [0, 0.05) is 24.0 Å². The largest absolute Gasteiger partial charge is 0.507 e. The van der Waals surface area contributed by atoms with E-state index in [-0.39, 0.29) is 11.7 Å². The van der Waals surface area contributed by atoms with Crippen LogP contribution in [0.3, 0.4) is 0 Å². The van der Waals surface area contributed by atoms with E-state index in [1.165, 1.54) is 6.07 Å². The minimum atomic E-state index is -0.00347. The van der Waals surface area contributed by atoms with Crippen molar-refractivity contribution in [1.29, 1.82) is 0 Å². The average Bonchev–Trinajstić information content (AvgIpc) is 2.80. The summed E-state index contributed by atoms with van der Waals surface area (Å²) in [7, 11) is 0. The molecule has 2 rings (SSSR count). The highest BCUT2D eigenvalue weighted by atomic mass is 79.9. The number of phenols is 1. The van der Waals surface area contributed by atoms with Crippen LogP contribution in [0.25, 0.3) is 0 Å². The SMILES string of the molecule is O=C(c1ccc(Br)c(O)c1)N1CCC(CBr)C1. The highest BCUT2D eigenvalue weighted by Crippen LogP contribution is 2.26. The number of nitrogens with zero attached hydrogens (tertiary/aromatic N) is 1. The van der Waals surface area contributed by atoms with Crippen molar-refractivity contribution >= 4 is 37.8 Å². The topological polar surface area (TPSA) is 40.5 Å². The first-order valence-electron chi connectivity index (χ1n) is 5.45. The molecule has 1 unspecified atom stereocenters. The number of benzene rings is 1. The number of hydrogen-bond acceptors (Lipinski definition) is 2. The molecule has 1 fully saturated rings. The van der Waals surface area contributed by atoms with Crippen LogP contribution in [0.5, 0.6) is 5.75 Å². The molecule has 1 aliphatic rings. The van der Waals surface area contributed by atoms with Gasteiger partial charge in [0.25, 0.3) is 5.91 Å². The molecule has 1 heterocycles. The zero-order chi connectivity index (χ0) is 12.4. The predicted octanol–water partition coefficient (Wildman–Crippen LogP) is 3.01. The Labute approximate surface area is 117 Å². The van der Waals surface area contributed by atoms with Gasteiger partial charge in [0.15, 0.2) is 0 Å². The molecular weight excluding hydrogens is 350 g/mol. The molecule has 1 aromatic carbocycles. The van der Waals surface area contributed by atoms with Crippen molar-refractivity contribution in [3.63, 3.8) is 0 Å². The normalized spacial score (nSPS) is 19.6. The number of rotatable bonds is 2. The monoisotopic (exact) mass is 361 g/mol. The molecule has 5 heteroatoms. The van der Waals surface area contributed by atoms with Crippen LogP contribution in [0.15, 0.2) is 22.7 Å². The summed E-state index contributed by atoms with van der Waals surface area (Å²) in [5.41, 5.74) is 0.543. The number of likely N-dealkylation sites (tertiary alicyclic amines) is 1. The smallest absolute Gasteiger partial charge is 0.253 e. The van der Waals surface area contributed by atoms with Gasteiger partial charge in [-0.05, 0) is 46.5 Å². The minimum Gasteiger partial charge on any atom is -0.507 e. The third-order valence-corrected chi connectivity index (χ3v) is 4.57. The van der Waals surface area contributed by atoms with E-state index in [0.717, 1.165) is 24.8 Å². The second-order valence-corrected chi connectivity index (χ2v) is 5.73. The number of halogens is 2. The summed E-state index contributed by atoms with van der Waals surface area (Å²) in [5.74, 6) is 0.645. The van der Waals surface area contributed by atoms with E-state index in [0.29, 0.717) is 16.0 Å². The third kappa shape index (κ3) is 2.83. The molecule has 1 N–H and O–H groups in total. The van der Waals surface area contributed by atoms with Crippen molar-refractivity contribution in [3.05, 3.63) is 28.2 Å². The van der Waals surface area contributed by atoms with E-state index in [1.54, 1.807) is 12.1 Å². The standard InChI is InChI=1S/C12H13Br2NO2/c13-6-8-3-4-15(7-8)12(17)9-1-2-10(14)11(16)5-9/h1-2,5,8,16H,3-4,6-7H2. The molecule has 1 atom stereocenters. The Morgan fingerprint density at radius 2 is 2.29 bits per heavy atom. The number of carbonyl (C=O) groups is 1. The summed E-state index contributed by atoms with van der Waals surface area (Å²) in [5, 5.41) is 10.5. The molecule has 3 nitrogen and oxygen atoms in total. The Morgan fingerprint density at radius 1 is 1.53 bits per heavy atom. The van der Waals surface area contributed by atoms with Crippen LogP contribution in [0.1, 0.15) is 16.8 Å². The van der Waals surface area contributed by atoms with Crippen LogP contribution in [0.4, 0.5) is 0 Å². The Hall–Kier alpha value is -0.550. The zero-order valence-corrected chi connectivity index (χ0v) is 12.4. The molecular formula is C12H13Br2NO2. The van der Waals surface area contributed by atoms with Crippen molar-refractivity contribution in [3.8, 4) is 5.75 Å². The molecule has 1 aromatic rings. The summed E-state index contributed by atoms with van der Waals surface area (Å²) >= 11 is 6.65. The van der Waals surface area contributed by atoms with Gasteiger partial charge >= 0.3 is 0 Å². The van der Waals surface area contributed by atoms with Crippen molar-refractivity contribution < 1.29 is 9.90 Å². The van der Waals surface area contributed by atoms with Crippen LogP contribution in [0.2, 0.25) is 0 Å². The van der Waals surface area contributed by atoms with E-state index < -0.39 is 0 Å². The van der Waals surface area contributed by atoms with Gasteiger partial charge in [0.05, 0.1) is 4.47 Å². The third-order valence-electron chi connectivity index (χ3n) is 2.98. The Bertz CT molecular complexity index is 437. The van der Waals surface area contributed by atoms with E-state index in [2.05, 4.69) is 31.9 Å². The maximum atomic E-state index is 12.2. The Kier molecular flexibility index (Phi) is 4.09. The van der Waals surface area contributed by atoms with Gasteiger partial charge in [-0.25, -0.2) is 0 Å². The van der Waals surface area contributed by atoms with E-state index in [1.807, 2.05) is 4.90 Å². The lowest BCUT2D eigenvalue weighted by atomic mass is 10.1. The van der Waals surface area contributed by atoms with Crippen LogP contribution >= 0.6 is 31.9 Å². The van der Waals surface area contributed by atoms with E-state index in [4.69, 9.17) is 0 Å². The number of alkyl halides is 1. The van der Waals surface area contributed by atoms with Crippen molar-refractivity contribution in [2.45, 2.75) is 6.42 Å². The first-order chi connectivity index (χ1) is 8.11. The van der Waals surface area contributed by atoms with Gasteiger partial charge in [0.1, 0.15) is 5.75 Å². The lowest BCUT2D eigenvalue weighted by molar-refractivity contribution is 0.0788. The summed E-state index contributed by atoms with van der Waals surface area (Å²) in [4.78, 5) is 14.0. The summed E-state index contributed by atoms with van der Waals surface area (Å²) in [6, 6.07) is 4.93. The summed E-state index contributed by atoms with van der Waals surface area (Å²) in [6.07, 6.45) is 1.04. The quantitative estimate of drug-likeness (QED) is 0.821. The van der Waals surface area contributed by atoms with Gasteiger partial charge in [-0.1, -0.05) is 15.9 Å². The maximum Gasteiger partial charge on any atom is 0.253 e. The first-order valence-corrected chi connectivity index (χ1v) is 7.37. The van der Waals surface area contributed by atoms with E-state index in [9.17, 15) is 9.90 Å². The van der Waals surface area contributed by atoms with Crippen molar-refractivity contribution in [2.75, 3.05) is 18.4 Å². The number of phenolic OH excluding ortho intramolecular Hbond substituents is 1. The fourth-order valence-corrected chi connectivity index (χ4v) is 2.75. The molecule has 0 bridgehead atoms. The molecule has 17 heavy (non-hydrogen) atoms. The van der Waals surface area contributed by atoms with Gasteiger partial charge in [-0.3, -0.25) is 4.79 Å². The molecule has 1 saturated heterocycles. The molecule has 0 saturated carbocycles. The number of carbonyl (C=O) groups excluding carboxylic acids is 1. The Balaban J connectivity index is 2.12. The van der Waals surface area contributed by atoms with Crippen LogP contribution in [0, 0.1) is 5.92 Å². The summed E-state index contributed by atoms with van der Waals surface area (Å²) < 4.78 is 0.605. The lowest BCUT2D eigenvalue weighted by Crippen LogP contribution is -2.28. The molecule has 1 amide bonds. The minimum absolute atomic E-state index is 0.00347. The van der Waals surface area contributed by atoms with Gasteiger partial charge in [-0.15, -0.1) is 0 Å². The maximum absolute atomic E-state index is 12.2. The van der Waals surface area contributed by atoms with Crippen LogP contribution in [-0.2, 0) is 0 Å². The van der Waals surface area contributed by atoms with Crippen molar-refractivity contribution in [2.24, 2.45) is 5.92 Å². The highest BCUT2D eigenvalue weighted by molar-refractivity contribution is 9.10. The van der Waals surface area contributed by atoms with Gasteiger partial charge < -0.3 is 10.0 Å². The molecule has 0 spiro atoms. The number of amides is 1. The average molecular weight is 363 g/mol. The highest BCUT2D eigenvalue weighted by Gasteiger charge is 2.26. The number of aromatic hydroxyl groups is 1. The van der Waals surface area contributed by atoms with Gasteiger partial charge in [-0.2, -0.15) is 0 Å². The molecule has 0 aliphatic carbocycles. The zero-order valence-electron chi connectivity index (χ0n) is 9.20. The summed E-state index contributed by atoms with van der Waals surface area (Å²) in [6.45, 7) is 1.59. The fourth-order valence-electron chi connectivity index (χ4n) is 1.97. The predicted molar refractivity (Wildman–Crippen MR) is 73.6 cm³/mol. The van der Waals surface area contributed by atoms with Crippen LogP contribution in [-0.4, -0.2) is 34.3 Å². The van der Waals surface area contributed by atoms with Gasteiger partial charge in [0.2, 0.25) is 0 Å². The molecule has 0 radical (unpaired) electrons. The molecule has 92 valence electrons. The van der Waals surface area contributed by atoms with Crippen LogP contribution < -0.4 is 0 Å². The van der Waals surface area contributed by atoms with E-state index >= 15 is 0 Å². The fraction of sp³-hybridized carbons (Fsp3) is 0.417. The second-order valence-electron chi connectivity index (χ2n) is 4.23.